The van der Waals surface area contributed by atoms with E-state index in [0.717, 1.165) is 0 Å². The molecule has 1 rings (SSSR count). The van der Waals surface area contributed by atoms with Gasteiger partial charge in [-0.25, -0.2) is 0 Å². The van der Waals surface area contributed by atoms with Gasteiger partial charge in [0.2, 0.25) is 0 Å². The SMILES string of the molecule is O=C(O)CCNC(=O)c1cccnn1. The molecular weight excluding hydrogens is 186 g/mol. The summed E-state index contributed by atoms with van der Waals surface area (Å²) in [5.41, 5.74) is 0.179. The van der Waals surface area contributed by atoms with E-state index in [1.807, 2.05) is 0 Å². The molecule has 1 amide bonds. The first kappa shape index (κ1) is 10.1. The number of carboxylic acid groups (broad SMARTS) is 1. The Morgan fingerprint density at radius 1 is 1.50 bits per heavy atom. The quantitative estimate of drug-likeness (QED) is 0.687. The lowest BCUT2D eigenvalue weighted by atomic mass is 10.3. The first-order valence-corrected chi connectivity index (χ1v) is 3.98. The number of nitrogens with zero attached hydrogens (tertiary/aromatic N) is 2. The number of hydrogen-bond donors (Lipinski definition) is 2. The molecule has 0 saturated heterocycles. The van der Waals surface area contributed by atoms with E-state index in [1.54, 1.807) is 6.07 Å². The summed E-state index contributed by atoms with van der Waals surface area (Å²) in [7, 11) is 0. The number of carboxylic acids is 1. The lowest BCUT2D eigenvalue weighted by Gasteiger charge is -2.00. The smallest absolute Gasteiger partial charge is 0.305 e. The standard InChI is InChI=1S/C8H9N3O3/c12-7(13)3-5-9-8(14)6-2-1-4-10-11-6/h1-2,4H,3,5H2,(H,9,14)(H,12,13). The molecule has 1 aromatic heterocycles. The Morgan fingerprint density at radius 3 is 2.86 bits per heavy atom. The molecule has 0 aliphatic carbocycles. The third kappa shape index (κ3) is 3.18. The van der Waals surface area contributed by atoms with Crippen molar-refractivity contribution in [3.8, 4) is 0 Å². The summed E-state index contributed by atoms with van der Waals surface area (Å²) in [6.45, 7) is 0.0880. The maximum atomic E-state index is 11.2. The highest BCUT2D eigenvalue weighted by Crippen LogP contribution is 1.90. The van der Waals surface area contributed by atoms with E-state index >= 15 is 0 Å². The van der Waals surface area contributed by atoms with Gasteiger partial charge in [0.05, 0.1) is 6.42 Å². The van der Waals surface area contributed by atoms with Crippen molar-refractivity contribution in [2.24, 2.45) is 0 Å². The maximum absolute atomic E-state index is 11.2. The molecule has 2 N–H and O–H groups in total. The van der Waals surface area contributed by atoms with Gasteiger partial charge in [-0.15, -0.1) is 5.10 Å². The fourth-order valence-electron chi connectivity index (χ4n) is 0.796. The number of rotatable bonds is 4. The molecule has 0 saturated carbocycles. The fraction of sp³-hybridized carbons (Fsp3) is 0.250. The second-order valence-electron chi connectivity index (χ2n) is 2.51. The summed E-state index contributed by atoms with van der Waals surface area (Å²) in [6, 6.07) is 3.09. The van der Waals surface area contributed by atoms with E-state index in [0.29, 0.717) is 0 Å². The van der Waals surface area contributed by atoms with Crippen LogP contribution in [0.15, 0.2) is 18.3 Å². The first-order valence-electron chi connectivity index (χ1n) is 3.98. The molecule has 0 fully saturated rings. The van der Waals surface area contributed by atoms with Crippen LogP contribution >= 0.6 is 0 Å². The number of carbonyl (C=O) groups is 2. The number of amides is 1. The molecule has 14 heavy (non-hydrogen) atoms. The summed E-state index contributed by atoms with van der Waals surface area (Å²) in [5, 5.41) is 17.8. The monoisotopic (exact) mass is 195 g/mol. The summed E-state index contributed by atoms with van der Waals surface area (Å²) < 4.78 is 0. The van der Waals surface area contributed by atoms with Crippen LogP contribution in [-0.4, -0.2) is 33.7 Å². The Labute approximate surface area is 80.0 Å². The highest BCUT2D eigenvalue weighted by Gasteiger charge is 2.06. The number of hydrogen-bond acceptors (Lipinski definition) is 4. The molecule has 6 heteroatoms. The molecule has 0 bridgehead atoms. The largest absolute Gasteiger partial charge is 0.481 e. The van der Waals surface area contributed by atoms with Crippen LogP contribution in [-0.2, 0) is 4.79 Å². The fourth-order valence-corrected chi connectivity index (χ4v) is 0.796. The van der Waals surface area contributed by atoms with Crippen molar-refractivity contribution in [1.82, 2.24) is 15.5 Å². The minimum absolute atomic E-state index is 0.0880. The normalized spacial score (nSPS) is 9.43. The molecule has 74 valence electrons. The van der Waals surface area contributed by atoms with Crippen LogP contribution in [0, 0.1) is 0 Å². The number of nitrogens with one attached hydrogen (secondary N) is 1. The van der Waals surface area contributed by atoms with Crippen LogP contribution in [0.5, 0.6) is 0 Å². The summed E-state index contributed by atoms with van der Waals surface area (Å²) in [4.78, 5) is 21.4. The van der Waals surface area contributed by atoms with Crippen LogP contribution in [0.4, 0.5) is 0 Å². The van der Waals surface area contributed by atoms with Crippen LogP contribution in [0.2, 0.25) is 0 Å². The highest BCUT2D eigenvalue weighted by molar-refractivity contribution is 5.92. The average molecular weight is 195 g/mol. The summed E-state index contributed by atoms with van der Waals surface area (Å²) >= 11 is 0. The lowest BCUT2D eigenvalue weighted by molar-refractivity contribution is -0.136. The van der Waals surface area contributed by atoms with Crippen molar-refractivity contribution in [2.75, 3.05) is 6.54 Å². The van der Waals surface area contributed by atoms with Crippen molar-refractivity contribution < 1.29 is 14.7 Å². The highest BCUT2D eigenvalue weighted by atomic mass is 16.4. The van der Waals surface area contributed by atoms with Crippen LogP contribution in [0.1, 0.15) is 16.9 Å². The Hall–Kier alpha value is -1.98. The van der Waals surface area contributed by atoms with Gasteiger partial charge in [0, 0.05) is 12.7 Å². The zero-order valence-electron chi connectivity index (χ0n) is 7.30. The zero-order valence-corrected chi connectivity index (χ0v) is 7.30. The van der Waals surface area contributed by atoms with Gasteiger partial charge in [-0.3, -0.25) is 9.59 Å². The maximum Gasteiger partial charge on any atom is 0.305 e. The second-order valence-corrected chi connectivity index (χ2v) is 2.51. The van der Waals surface area contributed by atoms with Crippen molar-refractivity contribution in [3.63, 3.8) is 0 Å². The molecule has 0 aromatic carbocycles. The molecule has 0 spiro atoms. The van der Waals surface area contributed by atoms with Crippen molar-refractivity contribution in [3.05, 3.63) is 24.0 Å². The molecule has 1 aromatic rings. The predicted octanol–water partition coefficient (Wildman–Crippen LogP) is -0.319. The van der Waals surface area contributed by atoms with Gasteiger partial charge in [0.1, 0.15) is 0 Å². The topological polar surface area (TPSA) is 92.2 Å². The van der Waals surface area contributed by atoms with E-state index in [9.17, 15) is 9.59 Å². The average Bonchev–Trinajstić information content (AvgIpc) is 2.18. The first-order chi connectivity index (χ1) is 6.70. The van der Waals surface area contributed by atoms with Gasteiger partial charge in [-0.05, 0) is 12.1 Å². The van der Waals surface area contributed by atoms with Gasteiger partial charge < -0.3 is 10.4 Å². The van der Waals surface area contributed by atoms with Crippen LogP contribution in [0.3, 0.4) is 0 Å². The number of carbonyl (C=O) groups excluding carboxylic acids is 1. The number of aromatic nitrogens is 2. The minimum atomic E-state index is -0.954. The third-order valence-corrected chi connectivity index (χ3v) is 1.43. The molecule has 6 nitrogen and oxygen atoms in total. The Bertz CT molecular complexity index is 326. The predicted molar refractivity (Wildman–Crippen MR) is 46.6 cm³/mol. The molecule has 0 unspecified atom stereocenters. The molecule has 0 aliphatic heterocycles. The third-order valence-electron chi connectivity index (χ3n) is 1.43. The van der Waals surface area contributed by atoms with Crippen LogP contribution < -0.4 is 5.32 Å². The summed E-state index contributed by atoms with van der Waals surface area (Å²) in [5.74, 6) is -1.37. The molecule has 0 aliphatic rings. The lowest BCUT2D eigenvalue weighted by Crippen LogP contribution is -2.26. The number of aliphatic carboxylic acids is 1. The van der Waals surface area contributed by atoms with Crippen molar-refractivity contribution >= 4 is 11.9 Å². The van der Waals surface area contributed by atoms with E-state index < -0.39 is 11.9 Å². The summed E-state index contributed by atoms with van der Waals surface area (Å²) in [6.07, 6.45) is 1.35. The second kappa shape index (κ2) is 4.90. The van der Waals surface area contributed by atoms with E-state index in [1.165, 1.54) is 12.3 Å². The van der Waals surface area contributed by atoms with Gasteiger partial charge in [0.15, 0.2) is 5.69 Å². The van der Waals surface area contributed by atoms with Crippen LogP contribution in [0.25, 0.3) is 0 Å². The zero-order chi connectivity index (χ0) is 10.4. The molecule has 0 radical (unpaired) electrons. The van der Waals surface area contributed by atoms with Gasteiger partial charge >= 0.3 is 5.97 Å². The molecular formula is C8H9N3O3. The Morgan fingerprint density at radius 2 is 2.29 bits per heavy atom. The Balaban J connectivity index is 2.40. The Kier molecular flexibility index (Phi) is 3.54. The van der Waals surface area contributed by atoms with Gasteiger partial charge in [-0.2, -0.15) is 5.10 Å². The van der Waals surface area contributed by atoms with Gasteiger partial charge in [0.25, 0.3) is 5.91 Å². The molecule has 0 atom stereocenters. The minimum Gasteiger partial charge on any atom is -0.481 e. The van der Waals surface area contributed by atoms with Gasteiger partial charge in [-0.1, -0.05) is 0 Å². The molecule has 1 heterocycles. The van der Waals surface area contributed by atoms with Crippen molar-refractivity contribution in [2.45, 2.75) is 6.42 Å². The van der Waals surface area contributed by atoms with E-state index in [-0.39, 0.29) is 18.7 Å². The van der Waals surface area contributed by atoms with Crippen molar-refractivity contribution in [1.29, 1.82) is 0 Å². The van der Waals surface area contributed by atoms with E-state index in [2.05, 4.69) is 15.5 Å². The van der Waals surface area contributed by atoms with E-state index in [4.69, 9.17) is 5.11 Å².